The number of nitriles is 1. The number of alkyl halides is 2. The van der Waals surface area contributed by atoms with Crippen LogP contribution in [-0.2, 0) is 4.74 Å². The largest absolute Gasteiger partial charge is 0.374 e. The van der Waals surface area contributed by atoms with E-state index >= 15 is 0 Å². The van der Waals surface area contributed by atoms with Crippen LogP contribution in [0.1, 0.15) is 59.8 Å². The van der Waals surface area contributed by atoms with Crippen LogP contribution in [0.4, 0.5) is 4.39 Å². The van der Waals surface area contributed by atoms with Gasteiger partial charge in [-0.3, -0.25) is 0 Å². The molecule has 0 saturated carbocycles. The lowest BCUT2D eigenvalue weighted by Gasteiger charge is -2.19. The Balaban J connectivity index is 5.48. The van der Waals surface area contributed by atoms with Crippen LogP contribution in [0.15, 0.2) is 22.8 Å². The van der Waals surface area contributed by atoms with E-state index in [4.69, 9.17) is 4.74 Å². The summed E-state index contributed by atoms with van der Waals surface area (Å²) >= 11 is 3.46. The number of hydrogen-bond donors (Lipinski definition) is 0. The maximum Gasteiger partial charge on any atom is 0.111 e. The Kier molecular flexibility index (Phi) is 13.4. The molecule has 132 valence electrons. The van der Waals surface area contributed by atoms with Crippen LogP contribution in [0.25, 0.3) is 0 Å². The van der Waals surface area contributed by atoms with E-state index in [0.29, 0.717) is 13.0 Å². The lowest BCUT2D eigenvalue weighted by molar-refractivity contribution is 0.0747. The standard InChI is InChI=1S/C19H31BrFNO/c1-5-8-16(4)23-14-18(9-7-10-20)19(15(3)13-22)11-17(6-2)12-21/h11,15-16H,5-10,12,14H2,1-4H3/b17-11-,19-18-. The monoisotopic (exact) mass is 387 g/mol. The van der Waals surface area contributed by atoms with Crippen molar-refractivity contribution in [1.82, 2.24) is 0 Å². The molecule has 0 aliphatic heterocycles. The van der Waals surface area contributed by atoms with Crippen molar-refractivity contribution in [2.75, 3.05) is 18.6 Å². The molecule has 0 rings (SSSR count). The zero-order chi connectivity index (χ0) is 17.7. The fourth-order valence-corrected chi connectivity index (χ4v) is 2.65. The van der Waals surface area contributed by atoms with Gasteiger partial charge in [0.2, 0.25) is 0 Å². The molecule has 0 saturated heterocycles. The first-order valence-corrected chi connectivity index (χ1v) is 9.70. The predicted molar refractivity (Wildman–Crippen MR) is 99.5 cm³/mol. The minimum atomic E-state index is -0.461. The van der Waals surface area contributed by atoms with Gasteiger partial charge in [-0.25, -0.2) is 4.39 Å². The summed E-state index contributed by atoms with van der Waals surface area (Å²) in [6, 6.07) is 2.30. The average Bonchev–Trinajstić information content (AvgIpc) is 2.56. The van der Waals surface area contributed by atoms with Crippen molar-refractivity contribution in [3.63, 3.8) is 0 Å². The molecule has 0 aromatic heterocycles. The summed E-state index contributed by atoms with van der Waals surface area (Å²) in [7, 11) is 0. The van der Waals surface area contributed by atoms with Gasteiger partial charge in [-0.1, -0.05) is 42.3 Å². The number of rotatable bonds is 12. The summed E-state index contributed by atoms with van der Waals surface area (Å²) in [6.45, 7) is 8.10. The molecule has 0 spiro atoms. The van der Waals surface area contributed by atoms with Gasteiger partial charge in [0, 0.05) is 5.33 Å². The topological polar surface area (TPSA) is 33.0 Å². The van der Waals surface area contributed by atoms with Gasteiger partial charge in [-0.05, 0) is 56.3 Å². The van der Waals surface area contributed by atoms with E-state index in [-0.39, 0.29) is 12.0 Å². The third-order valence-electron chi connectivity index (χ3n) is 3.90. The lowest BCUT2D eigenvalue weighted by atomic mass is 9.92. The molecule has 0 amide bonds. The van der Waals surface area contributed by atoms with Crippen molar-refractivity contribution in [3.05, 3.63) is 22.8 Å². The quantitative estimate of drug-likeness (QED) is 0.298. The second-order valence-electron chi connectivity index (χ2n) is 5.90. The number of ether oxygens (including phenoxy) is 1. The van der Waals surface area contributed by atoms with Crippen LogP contribution in [0.2, 0.25) is 0 Å². The van der Waals surface area contributed by atoms with Crippen molar-refractivity contribution in [1.29, 1.82) is 5.26 Å². The van der Waals surface area contributed by atoms with Crippen LogP contribution in [-0.4, -0.2) is 24.7 Å². The van der Waals surface area contributed by atoms with E-state index in [1.54, 1.807) is 0 Å². The van der Waals surface area contributed by atoms with Gasteiger partial charge in [0.25, 0.3) is 0 Å². The highest BCUT2D eigenvalue weighted by Crippen LogP contribution is 2.24. The Morgan fingerprint density at radius 1 is 1.35 bits per heavy atom. The molecular weight excluding hydrogens is 357 g/mol. The minimum absolute atomic E-state index is 0.202. The van der Waals surface area contributed by atoms with Crippen LogP contribution in [0.3, 0.4) is 0 Å². The third kappa shape index (κ3) is 9.27. The van der Waals surface area contributed by atoms with Crippen molar-refractivity contribution >= 4 is 15.9 Å². The van der Waals surface area contributed by atoms with E-state index in [9.17, 15) is 9.65 Å². The zero-order valence-corrected chi connectivity index (χ0v) is 16.6. The highest BCUT2D eigenvalue weighted by atomic mass is 79.9. The smallest absolute Gasteiger partial charge is 0.111 e. The fraction of sp³-hybridized carbons (Fsp3) is 0.737. The average molecular weight is 388 g/mol. The molecule has 0 heterocycles. The first-order valence-electron chi connectivity index (χ1n) is 8.58. The van der Waals surface area contributed by atoms with Crippen LogP contribution in [0.5, 0.6) is 0 Å². The molecule has 2 nitrogen and oxygen atoms in total. The Labute approximate surface area is 149 Å². The first-order chi connectivity index (χ1) is 11.0. The van der Waals surface area contributed by atoms with Crippen LogP contribution < -0.4 is 0 Å². The molecule has 0 aliphatic carbocycles. The van der Waals surface area contributed by atoms with Crippen LogP contribution >= 0.6 is 15.9 Å². The van der Waals surface area contributed by atoms with E-state index < -0.39 is 6.67 Å². The fourth-order valence-electron chi connectivity index (χ4n) is 2.37. The Bertz CT molecular complexity index is 420. The van der Waals surface area contributed by atoms with Crippen LogP contribution in [0, 0.1) is 17.2 Å². The minimum Gasteiger partial charge on any atom is -0.374 e. The van der Waals surface area contributed by atoms with Gasteiger partial charge in [0.1, 0.15) is 6.67 Å². The van der Waals surface area contributed by atoms with Crippen molar-refractivity contribution in [2.45, 2.75) is 65.9 Å². The molecule has 2 atom stereocenters. The number of hydrogen-bond acceptors (Lipinski definition) is 2. The van der Waals surface area contributed by atoms with E-state index in [1.807, 2.05) is 19.9 Å². The van der Waals surface area contributed by atoms with E-state index in [1.165, 1.54) is 0 Å². The Morgan fingerprint density at radius 3 is 2.52 bits per heavy atom. The molecule has 0 aliphatic rings. The van der Waals surface area contributed by atoms with Gasteiger partial charge in [-0.15, -0.1) is 0 Å². The maximum atomic E-state index is 13.1. The van der Waals surface area contributed by atoms with Crippen molar-refractivity contribution in [2.24, 2.45) is 5.92 Å². The maximum absolute atomic E-state index is 13.1. The number of nitrogens with zero attached hydrogens (tertiary/aromatic N) is 1. The molecule has 2 unspecified atom stereocenters. The second-order valence-corrected chi connectivity index (χ2v) is 6.70. The van der Waals surface area contributed by atoms with Crippen molar-refractivity contribution < 1.29 is 9.13 Å². The molecule has 0 aromatic rings. The number of halogens is 2. The van der Waals surface area contributed by atoms with Gasteiger partial charge in [-0.2, -0.15) is 5.26 Å². The summed E-state index contributed by atoms with van der Waals surface area (Å²) in [5, 5.41) is 10.2. The van der Waals surface area contributed by atoms with Crippen molar-refractivity contribution in [3.8, 4) is 6.07 Å². The SMILES string of the molecule is CCCC(C)OC/C(CCCBr)=C(/C=C(/CC)CF)C(C)C#N. The number of allylic oxidation sites excluding steroid dienone is 3. The first kappa shape index (κ1) is 22.3. The third-order valence-corrected chi connectivity index (χ3v) is 4.46. The van der Waals surface area contributed by atoms with E-state index in [0.717, 1.165) is 47.7 Å². The highest BCUT2D eigenvalue weighted by Gasteiger charge is 2.14. The molecule has 4 heteroatoms. The van der Waals surface area contributed by atoms with Gasteiger partial charge in [0.05, 0.1) is 24.7 Å². The predicted octanol–water partition coefficient (Wildman–Crippen LogP) is 6.13. The summed E-state index contributed by atoms with van der Waals surface area (Å²) in [6.07, 6.45) is 6.70. The summed E-state index contributed by atoms with van der Waals surface area (Å²) in [5.41, 5.74) is 2.80. The van der Waals surface area contributed by atoms with Gasteiger partial charge >= 0.3 is 0 Å². The molecule has 0 radical (unpaired) electrons. The molecule has 0 bridgehead atoms. The Hall–Kier alpha value is -0.660. The summed E-state index contributed by atoms with van der Waals surface area (Å²) < 4.78 is 19.1. The summed E-state index contributed by atoms with van der Waals surface area (Å²) in [5.74, 6) is -0.251. The van der Waals surface area contributed by atoms with E-state index in [2.05, 4.69) is 35.8 Å². The molecule has 0 fully saturated rings. The summed E-state index contributed by atoms with van der Waals surface area (Å²) in [4.78, 5) is 0. The normalized spacial score (nSPS) is 15.8. The Morgan fingerprint density at radius 2 is 2.04 bits per heavy atom. The van der Waals surface area contributed by atoms with Gasteiger partial charge in [0.15, 0.2) is 0 Å². The molecule has 0 N–H and O–H groups in total. The van der Waals surface area contributed by atoms with Gasteiger partial charge < -0.3 is 4.74 Å². The highest BCUT2D eigenvalue weighted by molar-refractivity contribution is 9.09. The molecular formula is C19H31BrFNO. The lowest BCUT2D eigenvalue weighted by Crippen LogP contribution is -2.13. The molecule has 23 heavy (non-hydrogen) atoms. The zero-order valence-electron chi connectivity index (χ0n) is 15.0. The second kappa shape index (κ2) is 13.7. The molecule has 0 aromatic carbocycles.